The molecule has 10 aromatic carbocycles. The number of benzene rings is 10. The Bertz CT molecular complexity index is 5240. The molecule has 0 saturated carbocycles. The van der Waals surface area contributed by atoms with Crippen molar-refractivity contribution >= 4 is 92.5 Å². The van der Waals surface area contributed by atoms with E-state index in [2.05, 4.69) is 360 Å². The SMILES string of the molecule is Cc1ccc(Sc2ccccc2N2CCN(C(=O)OCC[N+](C)(C)C)CC2)c(C)c1.Cc1ccc(Sc2ccccc2N2CC[N+](C)(C)CC2)c(C)c1.Cc1ccc(Sc2ccccc2N2CC[N+]3(CCCC3)CC2)c(C)c1.Cc1ccc(Sc2ccccc2N2CC[N+]3(CCCCC3)CC2)c(C)c1.Cc1ccc([S+](C)c2ccccc2N2CCN(C)CC2)c(C)c1.[Br-].[Br-]. The highest BCUT2D eigenvalue weighted by molar-refractivity contribution is 8.00. The molecule has 0 radical (unpaired) electrons. The first kappa shape index (κ1) is 102. The standard InChI is InChI=1S/C24H34N3O2S.C23H31N2S.C22H29N2S.2C20H27N2S.2BrH/c1-19-10-11-22(20(2)18-19)30-23-9-7-6-8-21(23)25-12-14-26(15-13-25)24(28)29-17-16-27(3,4)5;1-19-10-11-22(20(2)18-19)26-23-9-5-4-8-21(23)24-12-16-25(17-13-24)14-6-3-7-15-25;1-18-9-10-21(19(2)17-18)25-22-8-4-3-7-20(22)23-11-15-24(16-12-23)13-5-6-14-24;1-16-9-10-19(17(2)15-16)23-20-8-6-5-7-18(20)21-11-13-22(3,4)14-12-21;1-16-9-10-19(17(2)15-16)23(4)20-8-6-5-7-18(20)22-13-11-21(3)12-14-22;;/h6-11,18H,12-17H2,1-5H3;4-5,8-11,18H,3,6-7,12-17H2,1-2H3;3-4,7-10,17H,5-6,11-16H2,1-2H3;2*5-10,15H,11-14H2,1-4H3;2*1H/q5*+1;;/p-2. The lowest BCUT2D eigenvalue weighted by Crippen LogP contribution is -3.00. The van der Waals surface area contributed by atoms with Crippen molar-refractivity contribution in [2.24, 2.45) is 0 Å². The Hall–Kier alpha value is -7.02. The van der Waals surface area contributed by atoms with Gasteiger partial charge in [0.15, 0.2) is 9.79 Å². The molecule has 2 spiro atoms. The summed E-state index contributed by atoms with van der Waals surface area (Å²) in [5.74, 6) is 0. The molecule has 1 unspecified atom stereocenters. The van der Waals surface area contributed by atoms with Gasteiger partial charge in [-0.15, -0.1) is 0 Å². The van der Waals surface area contributed by atoms with Gasteiger partial charge in [0.1, 0.15) is 19.4 Å². The Morgan fingerprint density at radius 1 is 0.333 bits per heavy atom. The van der Waals surface area contributed by atoms with Crippen molar-refractivity contribution in [3.05, 3.63) is 268 Å². The molecule has 20 heteroatoms. The second-order valence-electron chi connectivity index (χ2n) is 38.6. The summed E-state index contributed by atoms with van der Waals surface area (Å²) in [5, 5.41) is 0. The average molecular weight is 1960 g/mol. The number of rotatable bonds is 18. The summed E-state index contributed by atoms with van der Waals surface area (Å²) in [5.41, 5.74) is 20.3. The molecule has 0 aliphatic carbocycles. The molecule has 1 amide bonds. The van der Waals surface area contributed by atoms with Crippen LogP contribution < -0.4 is 58.5 Å². The third kappa shape index (κ3) is 29.0. The summed E-state index contributed by atoms with van der Waals surface area (Å²) in [6.07, 6.45) is 9.34. The van der Waals surface area contributed by atoms with E-state index in [4.69, 9.17) is 4.74 Å². The van der Waals surface area contributed by atoms with Gasteiger partial charge in [-0.2, -0.15) is 0 Å². The first-order valence-corrected chi connectivity index (χ1v) is 51.8. The summed E-state index contributed by atoms with van der Waals surface area (Å²) < 4.78 is 10.1. The molecule has 7 saturated heterocycles. The quantitative estimate of drug-likeness (QED) is 0.0607. The zero-order chi connectivity index (χ0) is 89.8. The fraction of sp³-hybridized carbons (Fsp3) is 0.440. The number of para-hydroxylation sites is 5. The Morgan fingerprint density at radius 3 is 0.977 bits per heavy atom. The Morgan fingerprint density at radius 2 is 0.628 bits per heavy atom. The van der Waals surface area contributed by atoms with E-state index < -0.39 is 0 Å². The Balaban J connectivity index is 0.000000156. The molecule has 129 heavy (non-hydrogen) atoms. The highest BCUT2D eigenvalue weighted by atomic mass is 79.9. The number of halogens is 2. The van der Waals surface area contributed by atoms with Crippen LogP contribution in [0.3, 0.4) is 0 Å². The number of anilines is 5. The van der Waals surface area contributed by atoms with Crippen LogP contribution in [-0.4, -0.2) is 253 Å². The van der Waals surface area contributed by atoms with Gasteiger partial charge in [-0.1, -0.05) is 196 Å². The third-order valence-corrected chi connectivity index (χ3v) is 34.0. The molecule has 13 nitrogen and oxygen atoms in total. The van der Waals surface area contributed by atoms with Crippen LogP contribution in [0, 0.1) is 69.2 Å². The van der Waals surface area contributed by atoms with Gasteiger partial charge in [0.2, 0.25) is 0 Å². The van der Waals surface area contributed by atoms with Crippen molar-refractivity contribution in [2.75, 3.05) is 243 Å². The van der Waals surface area contributed by atoms with Gasteiger partial charge in [0.25, 0.3) is 0 Å². The summed E-state index contributed by atoms with van der Waals surface area (Å²) in [6, 6.07) is 78.1. The van der Waals surface area contributed by atoms with Gasteiger partial charge in [-0.25, -0.2) is 4.79 Å². The predicted molar refractivity (Wildman–Crippen MR) is 547 cm³/mol. The number of piperidine rings is 1. The fourth-order valence-electron chi connectivity index (χ4n) is 18.9. The van der Waals surface area contributed by atoms with Crippen LogP contribution >= 0.6 is 47.0 Å². The number of hydrogen-bond acceptors (Lipinski definition) is 12. The van der Waals surface area contributed by atoms with Gasteiger partial charge in [0.05, 0.1) is 179 Å². The molecule has 1 atom stereocenters. The number of carbonyl (C=O) groups is 1. The second kappa shape index (κ2) is 48.3. The van der Waals surface area contributed by atoms with E-state index in [-0.39, 0.29) is 51.0 Å². The molecule has 7 aliphatic heterocycles. The van der Waals surface area contributed by atoms with Gasteiger partial charge >= 0.3 is 6.09 Å². The maximum absolute atomic E-state index is 12.4. The summed E-state index contributed by atoms with van der Waals surface area (Å²) >= 11 is 7.56. The predicted octanol–water partition coefficient (Wildman–Crippen LogP) is 16.7. The van der Waals surface area contributed by atoms with Crippen LogP contribution in [0.1, 0.15) is 87.7 Å². The minimum Gasteiger partial charge on any atom is -1.00 e. The number of nitrogens with zero attached hydrogens (tertiary/aromatic N) is 11. The largest absolute Gasteiger partial charge is 1.00 e. The number of hydrogen-bond donors (Lipinski definition) is 0. The zero-order valence-electron chi connectivity index (χ0n) is 80.7. The first-order valence-electron chi connectivity index (χ1n) is 46.9. The van der Waals surface area contributed by atoms with Gasteiger partial charge in [-0.05, 0) is 209 Å². The van der Waals surface area contributed by atoms with Crippen molar-refractivity contribution in [2.45, 2.75) is 150 Å². The monoisotopic (exact) mass is 1960 g/mol. The lowest BCUT2D eigenvalue weighted by Gasteiger charge is -2.47. The van der Waals surface area contributed by atoms with E-state index in [1.165, 1.54) is 266 Å². The van der Waals surface area contributed by atoms with Crippen molar-refractivity contribution in [1.29, 1.82) is 0 Å². The van der Waals surface area contributed by atoms with Crippen molar-refractivity contribution in [3.8, 4) is 0 Å². The van der Waals surface area contributed by atoms with E-state index in [1.54, 1.807) is 0 Å². The molecule has 692 valence electrons. The minimum atomic E-state index is -0.193. The highest BCUT2D eigenvalue weighted by Crippen LogP contribution is 2.44. The molecule has 17 rings (SSSR count). The summed E-state index contributed by atoms with van der Waals surface area (Å²) in [4.78, 5) is 43.1. The molecule has 7 fully saturated rings. The van der Waals surface area contributed by atoms with Gasteiger partial charge < -0.3 is 90.9 Å². The number of aryl methyl sites for hydroxylation is 10. The number of piperazine rings is 5. The van der Waals surface area contributed by atoms with E-state index in [0.717, 1.165) is 67.9 Å². The molecular weight excluding hydrogens is 1820 g/mol. The topological polar surface area (TPSA) is 49.0 Å². The summed E-state index contributed by atoms with van der Waals surface area (Å²) in [7, 11) is 13.3. The lowest BCUT2D eigenvalue weighted by molar-refractivity contribution is -0.932. The maximum Gasteiger partial charge on any atom is 0.410 e. The molecular formula is C109H148Br2N11O2S5+3. The van der Waals surface area contributed by atoms with Crippen molar-refractivity contribution in [1.82, 2.24) is 9.80 Å². The molecule has 7 aliphatic rings. The number of likely N-dealkylation sites (N-methyl/N-ethyl adjacent to an activating group) is 3. The van der Waals surface area contributed by atoms with E-state index in [9.17, 15) is 4.79 Å². The van der Waals surface area contributed by atoms with E-state index in [1.807, 2.05) is 51.9 Å². The first-order chi connectivity index (χ1) is 61.0. The van der Waals surface area contributed by atoms with E-state index in [0.29, 0.717) is 19.7 Å². The third-order valence-electron chi connectivity index (χ3n) is 26.9. The number of amides is 1. The lowest BCUT2D eigenvalue weighted by atomic mass is 10.1. The normalized spacial score (nSPS) is 17.3. The number of ether oxygens (including phenoxy) is 1. The molecule has 7 heterocycles. The fourth-order valence-corrected chi connectivity index (χ4v) is 24.9. The van der Waals surface area contributed by atoms with Crippen LogP contribution in [-0.2, 0) is 15.6 Å². The minimum absolute atomic E-state index is 0. The second-order valence-corrected chi connectivity index (χ2v) is 44.8. The molecule has 0 aromatic heterocycles. The average Bonchev–Trinajstić information content (AvgIpc) is 1.65. The smallest absolute Gasteiger partial charge is 0.410 e. The number of quaternary nitrogens is 4. The van der Waals surface area contributed by atoms with Gasteiger partial charge in [-0.3, -0.25) is 0 Å². The van der Waals surface area contributed by atoms with Crippen LogP contribution in [0.5, 0.6) is 0 Å². The van der Waals surface area contributed by atoms with Crippen molar-refractivity contribution < 1.29 is 61.4 Å². The Kier molecular flexibility index (Phi) is 38.3. The van der Waals surface area contributed by atoms with Gasteiger partial charge in [0, 0.05) is 110 Å². The van der Waals surface area contributed by atoms with Crippen LogP contribution in [0.2, 0.25) is 0 Å². The number of carbonyl (C=O) groups excluding carboxylic acids is 1. The summed E-state index contributed by atoms with van der Waals surface area (Å²) in [6.45, 7) is 51.1. The van der Waals surface area contributed by atoms with Crippen LogP contribution in [0.15, 0.2) is 261 Å². The highest BCUT2D eigenvalue weighted by Gasteiger charge is 2.38. The maximum atomic E-state index is 12.4. The van der Waals surface area contributed by atoms with Crippen LogP contribution in [0.4, 0.5) is 33.2 Å². The molecule has 0 N–H and O–H groups in total. The van der Waals surface area contributed by atoms with Crippen molar-refractivity contribution in [3.63, 3.8) is 0 Å². The van der Waals surface area contributed by atoms with E-state index >= 15 is 0 Å². The molecule has 10 aromatic rings. The Labute approximate surface area is 818 Å². The zero-order valence-corrected chi connectivity index (χ0v) is 87.9. The molecule has 0 bridgehead atoms. The van der Waals surface area contributed by atoms with Crippen LogP contribution in [0.25, 0.3) is 0 Å².